The van der Waals surface area contributed by atoms with Crippen molar-refractivity contribution in [1.29, 1.82) is 0 Å². The lowest BCUT2D eigenvalue weighted by Crippen LogP contribution is -2.55. The van der Waals surface area contributed by atoms with Gasteiger partial charge in [0.25, 0.3) is 0 Å². The molecule has 1 fully saturated rings. The second kappa shape index (κ2) is 8.30. The van der Waals surface area contributed by atoms with E-state index in [9.17, 15) is 4.79 Å². The van der Waals surface area contributed by atoms with Crippen LogP contribution in [0.5, 0.6) is 5.75 Å². The van der Waals surface area contributed by atoms with Gasteiger partial charge < -0.3 is 9.64 Å². The normalized spacial score (nSPS) is 18.6. The Morgan fingerprint density at radius 1 is 0.857 bits per heavy atom. The van der Waals surface area contributed by atoms with E-state index in [2.05, 4.69) is 36.4 Å². The van der Waals surface area contributed by atoms with Gasteiger partial charge in [-0.3, -0.25) is 4.79 Å². The van der Waals surface area contributed by atoms with Crippen molar-refractivity contribution in [2.45, 2.75) is 25.3 Å². The maximum Gasteiger partial charge on any atom is 0.233 e. The topological polar surface area (TPSA) is 29.5 Å². The molecular weight excluding hydrogens is 346 g/mol. The van der Waals surface area contributed by atoms with Gasteiger partial charge >= 0.3 is 0 Å². The van der Waals surface area contributed by atoms with Crippen LogP contribution in [-0.4, -0.2) is 13.0 Å². The van der Waals surface area contributed by atoms with Crippen molar-refractivity contribution in [3.63, 3.8) is 0 Å². The minimum atomic E-state index is 0.0354. The number of methoxy groups -OCH3 is 1. The van der Waals surface area contributed by atoms with E-state index in [1.807, 2.05) is 53.4 Å². The third kappa shape index (κ3) is 3.65. The Bertz CT molecular complexity index is 906. The summed E-state index contributed by atoms with van der Waals surface area (Å²) >= 11 is 0. The third-order valence-electron chi connectivity index (χ3n) is 5.53. The number of anilines is 1. The maximum absolute atomic E-state index is 13.0. The lowest BCUT2D eigenvalue weighted by molar-refractivity contribution is -0.130. The van der Waals surface area contributed by atoms with E-state index in [1.54, 1.807) is 7.11 Å². The van der Waals surface area contributed by atoms with E-state index >= 15 is 0 Å². The van der Waals surface area contributed by atoms with Crippen LogP contribution in [0.1, 0.15) is 30.0 Å². The van der Waals surface area contributed by atoms with Gasteiger partial charge in [0.15, 0.2) is 0 Å². The molecule has 2 atom stereocenters. The molecule has 28 heavy (non-hydrogen) atoms. The lowest BCUT2D eigenvalue weighted by atomic mass is 9.78. The standard InChI is InChI=1S/C25H25NO2/c1-28-22-17-15-21(16-18-22)26-24(20-12-6-3-7-13-20)23(25(26)27)14-8-11-19-9-4-2-5-10-19/h2-7,9-10,12-13,15-18,23-24H,8,11,14H2,1H3/t23-,24+/m0/s1. The number of amides is 1. The lowest BCUT2D eigenvalue weighted by Gasteiger charge is -2.47. The zero-order valence-electron chi connectivity index (χ0n) is 16.1. The van der Waals surface area contributed by atoms with Crippen LogP contribution in [0.25, 0.3) is 0 Å². The molecule has 0 spiro atoms. The number of hydrogen-bond acceptors (Lipinski definition) is 2. The highest BCUT2D eigenvalue weighted by Crippen LogP contribution is 2.45. The molecule has 0 saturated carbocycles. The van der Waals surface area contributed by atoms with Crippen LogP contribution < -0.4 is 9.64 Å². The predicted octanol–water partition coefficient (Wildman–Crippen LogP) is 5.42. The quantitative estimate of drug-likeness (QED) is 0.519. The summed E-state index contributed by atoms with van der Waals surface area (Å²) < 4.78 is 5.25. The number of carbonyl (C=O) groups excluding carboxylic acids is 1. The number of β-lactam (4-membered cyclic amide) rings is 1. The number of aryl methyl sites for hydroxylation is 1. The van der Waals surface area contributed by atoms with Crippen LogP contribution in [0.2, 0.25) is 0 Å². The van der Waals surface area contributed by atoms with Crippen molar-refractivity contribution in [3.05, 3.63) is 96.1 Å². The molecule has 4 rings (SSSR count). The molecule has 0 radical (unpaired) electrons. The van der Waals surface area contributed by atoms with Crippen LogP contribution in [0.15, 0.2) is 84.9 Å². The molecule has 1 aliphatic rings. The average molecular weight is 371 g/mol. The van der Waals surface area contributed by atoms with Crippen molar-refractivity contribution in [1.82, 2.24) is 0 Å². The van der Waals surface area contributed by atoms with Crippen LogP contribution >= 0.6 is 0 Å². The number of carbonyl (C=O) groups is 1. The highest BCUT2D eigenvalue weighted by Gasteiger charge is 2.48. The first-order chi connectivity index (χ1) is 13.8. The number of ether oxygens (including phenoxy) is 1. The molecule has 0 aromatic heterocycles. The molecule has 1 aliphatic heterocycles. The number of hydrogen-bond donors (Lipinski definition) is 0. The first kappa shape index (κ1) is 18.3. The van der Waals surface area contributed by atoms with E-state index in [0.29, 0.717) is 0 Å². The van der Waals surface area contributed by atoms with Gasteiger partial charge in [-0.2, -0.15) is 0 Å². The van der Waals surface area contributed by atoms with E-state index in [0.717, 1.165) is 30.7 Å². The molecule has 0 unspecified atom stereocenters. The smallest absolute Gasteiger partial charge is 0.233 e. The largest absolute Gasteiger partial charge is 0.497 e. The van der Waals surface area contributed by atoms with Crippen LogP contribution in [-0.2, 0) is 11.2 Å². The second-order valence-electron chi connectivity index (χ2n) is 7.25. The summed E-state index contributed by atoms with van der Waals surface area (Å²) in [7, 11) is 1.65. The fraction of sp³-hybridized carbons (Fsp3) is 0.240. The van der Waals surface area contributed by atoms with Crippen LogP contribution in [0, 0.1) is 5.92 Å². The maximum atomic E-state index is 13.0. The Kier molecular flexibility index (Phi) is 5.43. The van der Waals surface area contributed by atoms with Crippen molar-refractivity contribution < 1.29 is 9.53 Å². The molecule has 0 aliphatic carbocycles. The van der Waals surface area contributed by atoms with Crippen molar-refractivity contribution >= 4 is 11.6 Å². The van der Waals surface area contributed by atoms with Gasteiger partial charge in [-0.05, 0) is 54.7 Å². The summed E-state index contributed by atoms with van der Waals surface area (Å²) in [6.45, 7) is 0. The van der Waals surface area contributed by atoms with Gasteiger partial charge in [0.1, 0.15) is 5.75 Å². The molecule has 1 heterocycles. The molecule has 1 amide bonds. The molecule has 0 N–H and O–H groups in total. The van der Waals surface area contributed by atoms with Crippen LogP contribution in [0.3, 0.4) is 0 Å². The highest BCUT2D eigenvalue weighted by atomic mass is 16.5. The predicted molar refractivity (Wildman–Crippen MR) is 113 cm³/mol. The van der Waals surface area contributed by atoms with Crippen molar-refractivity contribution in [2.75, 3.05) is 12.0 Å². The van der Waals surface area contributed by atoms with E-state index in [4.69, 9.17) is 4.74 Å². The molecule has 142 valence electrons. The molecule has 3 heteroatoms. The molecule has 3 nitrogen and oxygen atoms in total. The number of benzene rings is 3. The minimum absolute atomic E-state index is 0.0354. The number of nitrogens with zero attached hydrogens (tertiary/aromatic N) is 1. The summed E-state index contributed by atoms with van der Waals surface area (Å²) in [4.78, 5) is 15.0. The first-order valence-corrected chi connectivity index (χ1v) is 9.84. The molecule has 3 aromatic rings. The Morgan fingerprint density at radius 3 is 2.14 bits per heavy atom. The Labute approximate surface area is 166 Å². The molecule has 3 aromatic carbocycles. The fourth-order valence-electron chi connectivity index (χ4n) is 4.06. The molecule has 1 saturated heterocycles. The average Bonchev–Trinajstić information content (AvgIpc) is 2.76. The summed E-state index contributed by atoms with van der Waals surface area (Å²) in [5.41, 5.74) is 3.46. The highest BCUT2D eigenvalue weighted by molar-refractivity contribution is 6.03. The second-order valence-corrected chi connectivity index (χ2v) is 7.25. The minimum Gasteiger partial charge on any atom is -0.497 e. The van der Waals surface area contributed by atoms with Gasteiger partial charge in [0, 0.05) is 5.69 Å². The third-order valence-corrected chi connectivity index (χ3v) is 5.53. The van der Waals surface area contributed by atoms with E-state index in [1.165, 1.54) is 11.1 Å². The zero-order valence-corrected chi connectivity index (χ0v) is 16.1. The van der Waals surface area contributed by atoms with E-state index < -0.39 is 0 Å². The molecule has 0 bridgehead atoms. The monoisotopic (exact) mass is 371 g/mol. The number of rotatable bonds is 7. The summed E-state index contributed by atoms with van der Waals surface area (Å²) in [5, 5.41) is 0. The SMILES string of the molecule is COc1ccc(N2C(=O)[C@@H](CCCc3ccccc3)[C@H]2c2ccccc2)cc1. The fourth-order valence-corrected chi connectivity index (χ4v) is 4.06. The van der Waals surface area contributed by atoms with Gasteiger partial charge in [-0.1, -0.05) is 60.7 Å². The summed E-state index contributed by atoms with van der Waals surface area (Å²) in [5.74, 6) is 1.05. The van der Waals surface area contributed by atoms with Crippen molar-refractivity contribution in [2.24, 2.45) is 5.92 Å². The van der Waals surface area contributed by atoms with Crippen molar-refractivity contribution in [3.8, 4) is 5.75 Å². The van der Waals surface area contributed by atoms with Gasteiger partial charge in [0.05, 0.1) is 19.1 Å². The van der Waals surface area contributed by atoms with Gasteiger partial charge in [0.2, 0.25) is 5.91 Å². The van der Waals surface area contributed by atoms with Gasteiger partial charge in [-0.15, -0.1) is 0 Å². The molecular formula is C25H25NO2. The Balaban J connectivity index is 1.52. The first-order valence-electron chi connectivity index (χ1n) is 9.84. The summed E-state index contributed by atoms with van der Waals surface area (Å²) in [6, 6.07) is 28.7. The Hall–Kier alpha value is -3.07. The zero-order chi connectivity index (χ0) is 19.3. The Morgan fingerprint density at radius 2 is 1.50 bits per heavy atom. The van der Waals surface area contributed by atoms with Gasteiger partial charge in [-0.25, -0.2) is 0 Å². The summed E-state index contributed by atoms with van der Waals surface area (Å²) in [6.07, 6.45) is 2.93. The van der Waals surface area contributed by atoms with Crippen LogP contribution in [0.4, 0.5) is 5.69 Å². The van der Waals surface area contributed by atoms with E-state index in [-0.39, 0.29) is 17.9 Å².